The van der Waals surface area contributed by atoms with Gasteiger partial charge in [-0.1, -0.05) is 18.2 Å². The zero-order valence-electron chi connectivity index (χ0n) is 13.8. The summed E-state index contributed by atoms with van der Waals surface area (Å²) in [6.45, 7) is 4.01. The summed E-state index contributed by atoms with van der Waals surface area (Å²) >= 11 is 0. The number of nitrogens with one attached hydrogen (secondary N) is 1. The summed E-state index contributed by atoms with van der Waals surface area (Å²) in [6.07, 6.45) is 0.934. The summed E-state index contributed by atoms with van der Waals surface area (Å²) in [5.74, 6) is 0.368. The third kappa shape index (κ3) is 3.14. The van der Waals surface area contributed by atoms with Crippen LogP contribution in [0.4, 0.5) is 5.69 Å². The molecule has 1 aliphatic heterocycles. The highest BCUT2D eigenvalue weighted by molar-refractivity contribution is 7.90. The van der Waals surface area contributed by atoms with Crippen LogP contribution in [0.3, 0.4) is 0 Å². The average Bonchev–Trinajstić information content (AvgIpc) is 2.90. The van der Waals surface area contributed by atoms with Gasteiger partial charge in [0.05, 0.1) is 10.6 Å². The lowest BCUT2D eigenvalue weighted by molar-refractivity contribution is -0.122. The van der Waals surface area contributed by atoms with Gasteiger partial charge in [0.2, 0.25) is 0 Å². The number of anilines is 1. The number of hydrogen-bond acceptors (Lipinski definition) is 4. The second kappa shape index (κ2) is 5.94. The Morgan fingerprint density at radius 3 is 2.54 bits per heavy atom. The van der Waals surface area contributed by atoms with E-state index in [-0.39, 0.29) is 16.5 Å². The van der Waals surface area contributed by atoms with Gasteiger partial charge in [0.1, 0.15) is 5.75 Å². The first kappa shape index (κ1) is 16.5. The number of rotatable bonds is 3. The van der Waals surface area contributed by atoms with Gasteiger partial charge in [-0.05, 0) is 48.7 Å². The average molecular weight is 345 g/mol. The normalized spacial score (nSPS) is 16.4. The minimum Gasteiger partial charge on any atom is -0.480 e. The SMILES string of the molecule is Cc1cc2c(cc1C)O[C@@H](C(=O)Nc1ccccc1S(C)(=O)=O)C2. The van der Waals surface area contributed by atoms with Crippen molar-refractivity contribution in [3.05, 3.63) is 53.1 Å². The lowest BCUT2D eigenvalue weighted by Gasteiger charge is -2.13. The lowest BCUT2D eigenvalue weighted by Crippen LogP contribution is -2.31. The Morgan fingerprint density at radius 1 is 1.17 bits per heavy atom. The molecule has 1 amide bonds. The first-order valence-electron chi connectivity index (χ1n) is 7.62. The number of aryl methyl sites for hydroxylation is 2. The van der Waals surface area contributed by atoms with E-state index in [0.717, 1.165) is 28.7 Å². The first-order valence-corrected chi connectivity index (χ1v) is 9.51. The molecule has 0 aromatic heterocycles. The van der Waals surface area contributed by atoms with Crippen LogP contribution in [0.25, 0.3) is 0 Å². The van der Waals surface area contributed by atoms with Crippen molar-refractivity contribution in [1.82, 2.24) is 0 Å². The van der Waals surface area contributed by atoms with Gasteiger partial charge in [0, 0.05) is 12.7 Å². The molecule has 0 bridgehead atoms. The molecule has 5 nitrogen and oxygen atoms in total. The van der Waals surface area contributed by atoms with Crippen molar-refractivity contribution in [3.63, 3.8) is 0 Å². The van der Waals surface area contributed by atoms with E-state index in [2.05, 4.69) is 5.32 Å². The van der Waals surface area contributed by atoms with Crippen molar-refractivity contribution in [2.24, 2.45) is 0 Å². The zero-order valence-corrected chi connectivity index (χ0v) is 14.6. The number of ether oxygens (including phenoxy) is 1. The highest BCUT2D eigenvalue weighted by Gasteiger charge is 2.30. The van der Waals surface area contributed by atoms with Crippen LogP contribution in [0.5, 0.6) is 5.75 Å². The van der Waals surface area contributed by atoms with E-state index in [1.54, 1.807) is 18.2 Å². The number of carbonyl (C=O) groups excluding carboxylic acids is 1. The van der Waals surface area contributed by atoms with Gasteiger partial charge in [0.25, 0.3) is 5.91 Å². The summed E-state index contributed by atoms with van der Waals surface area (Å²) in [4.78, 5) is 12.6. The van der Waals surface area contributed by atoms with Crippen molar-refractivity contribution >= 4 is 21.4 Å². The quantitative estimate of drug-likeness (QED) is 0.928. The topological polar surface area (TPSA) is 72.5 Å². The fourth-order valence-corrected chi connectivity index (χ4v) is 3.61. The molecule has 1 aliphatic rings. The first-order chi connectivity index (χ1) is 11.3. The van der Waals surface area contributed by atoms with Crippen LogP contribution < -0.4 is 10.1 Å². The fraction of sp³-hybridized carbons (Fsp3) is 0.278. The standard InChI is InChI=1S/C18H19NO4S/c1-11-8-13-10-16(23-15(13)9-12(11)2)18(20)19-14-6-4-5-7-17(14)24(3,21)22/h4-9,16H,10H2,1-3H3,(H,19,20)/t16-/m1/s1. The van der Waals surface area contributed by atoms with Crippen molar-refractivity contribution in [2.75, 3.05) is 11.6 Å². The number of hydrogen-bond donors (Lipinski definition) is 1. The van der Waals surface area contributed by atoms with Crippen molar-refractivity contribution in [3.8, 4) is 5.75 Å². The van der Waals surface area contributed by atoms with E-state index in [9.17, 15) is 13.2 Å². The highest BCUT2D eigenvalue weighted by Crippen LogP contribution is 2.32. The molecule has 1 atom stereocenters. The van der Waals surface area contributed by atoms with Crippen LogP contribution in [0, 0.1) is 13.8 Å². The Balaban J connectivity index is 1.81. The predicted molar refractivity (Wildman–Crippen MR) is 92.2 cm³/mol. The maximum absolute atomic E-state index is 12.5. The number of para-hydroxylation sites is 1. The molecule has 24 heavy (non-hydrogen) atoms. The van der Waals surface area contributed by atoms with E-state index in [1.807, 2.05) is 26.0 Å². The van der Waals surface area contributed by atoms with Crippen LogP contribution in [0.2, 0.25) is 0 Å². The summed E-state index contributed by atoms with van der Waals surface area (Å²) in [7, 11) is -3.42. The van der Waals surface area contributed by atoms with E-state index in [1.165, 1.54) is 6.07 Å². The van der Waals surface area contributed by atoms with E-state index < -0.39 is 15.9 Å². The number of fused-ring (bicyclic) bond motifs is 1. The second-order valence-corrected chi connectivity index (χ2v) is 8.10. The molecule has 2 aromatic carbocycles. The largest absolute Gasteiger partial charge is 0.480 e. The molecule has 0 aliphatic carbocycles. The molecule has 1 N–H and O–H groups in total. The van der Waals surface area contributed by atoms with Crippen LogP contribution in [0.15, 0.2) is 41.3 Å². The van der Waals surface area contributed by atoms with Crippen molar-refractivity contribution in [2.45, 2.75) is 31.3 Å². The zero-order chi connectivity index (χ0) is 17.5. The van der Waals surface area contributed by atoms with E-state index in [0.29, 0.717) is 6.42 Å². The van der Waals surface area contributed by atoms with Gasteiger partial charge in [-0.2, -0.15) is 0 Å². The molecule has 126 valence electrons. The molecule has 0 radical (unpaired) electrons. The Morgan fingerprint density at radius 2 is 1.83 bits per heavy atom. The smallest absolute Gasteiger partial charge is 0.265 e. The maximum atomic E-state index is 12.5. The summed E-state index contributed by atoms with van der Waals surface area (Å²) in [5, 5.41) is 2.68. The minimum atomic E-state index is -3.42. The van der Waals surface area contributed by atoms with Crippen molar-refractivity contribution in [1.29, 1.82) is 0 Å². The number of carbonyl (C=O) groups is 1. The van der Waals surface area contributed by atoms with Gasteiger partial charge in [-0.25, -0.2) is 8.42 Å². The Bertz CT molecular complexity index is 888. The van der Waals surface area contributed by atoms with E-state index in [4.69, 9.17) is 4.74 Å². The maximum Gasteiger partial charge on any atom is 0.265 e. The summed E-state index contributed by atoms with van der Waals surface area (Å²) < 4.78 is 29.4. The number of benzene rings is 2. The molecule has 0 spiro atoms. The molecular weight excluding hydrogens is 326 g/mol. The van der Waals surface area contributed by atoms with Crippen LogP contribution in [-0.4, -0.2) is 26.7 Å². The molecular formula is C18H19NO4S. The fourth-order valence-electron chi connectivity index (χ4n) is 2.77. The van der Waals surface area contributed by atoms with Crippen molar-refractivity contribution < 1.29 is 17.9 Å². The monoisotopic (exact) mass is 345 g/mol. The van der Waals surface area contributed by atoms with Gasteiger partial charge in [-0.3, -0.25) is 4.79 Å². The van der Waals surface area contributed by atoms with E-state index >= 15 is 0 Å². The second-order valence-electron chi connectivity index (χ2n) is 6.11. The van der Waals surface area contributed by atoms with Gasteiger partial charge < -0.3 is 10.1 Å². The molecule has 0 saturated heterocycles. The van der Waals surface area contributed by atoms with Gasteiger partial charge in [0.15, 0.2) is 15.9 Å². The van der Waals surface area contributed by atoms with Gasteiger partial charge >= 0.3 is 0 Å². The summed E-state index contributed by atoms with van der Waals surface area (Å²) in [6, 6.07) is 10.3. The third-order valence-electron chi connectivity index (χ3n) is 4.19. The number of sulfone groups is 1. The Hall–Kier alpha value is -2.34. The van der Waals surface area contributed by atoms with Crippen LogP contribution >= 0.6 is 0 Å². The molecule has 6 heteroatoms. The molecule has 1 heterocycles. The molecule has 3 rings (SSSR count). The Kier molecular flexibility index (Phi) is 4.09. The van der Waals surface area contributed by atoms with Crippen LogP contribution in [0.1, 0.15) is 16.7 Å². The highest BCUT2D eigenvalue weighted by atomic mass is 32.2. The summed E-state index contributed by atoms with van der Waals surface area (Å²) in [5.41, 5.74) is 3.53. The van der Waals surface area contributed by atoms with Gasteiger partial charge in [-0.15, -0.1) is 0 Å². The minimum absolute atomic E-state index is 0.0977. The Labute approximate surface area is 141 Å². The third-order valence-corrected chi connectivity index (χ3v) is 5.34. The molecule has 2 aromatic rings. The van der Waals surface area contributed by atoms with Crippen LogP contribution in [-0.2, 0) is 21.1 Å². The predicted octanol–water partition coefficient (Wildman–Crippen LogP) is 2.65. The number of amides is 1. The molecule has 0 unspecified atom stereocenters. The molecule has 0 fully saturated rings. The molecule has 0 saturated carbocycles. The lowest BCUT2D eigenvalue weighted by atomic mass is 10.0.